The van der Waals surface area contributed by atoms with Crippen LogP contribution >= 0.6 is 0 Å². The van der Waals surface area contributed by atoms with Gasteiger partial charge in [0.2, 0.25) is 0 Å². The summed E-state index contributed by atoms with van der Waals surface area (Å²) in [5, 5.41) is 10.7. The molecule has 1 amide bonds. The van der Waals surface area contributed by atoms with E-state index < -0.39 is 6.61 Å². The number of aromatic nitrogens is 3. The average Bonchev–Trinajstić information content (AvgIpc) is 3.00. The summed E-state index contributed by atoms with van der Waals surface area (Å²) < 4.78 is 30.2. The fourth-order valence-corrected chi connectivity index (χ4v) is 2.56. The zero-order valence-electron chi connectivity index (χ0n) is 15.0. The summed E-state index contributed by atoms with van der Waals surface area (Å²) in [5.74, 6) is -0.334. The van der Waals surface area contributed by atoms with E-state index in [1.807, 2.05) is 32.0 Å². The smallest absolute Gasteiger partial charge is 0.387 e. The standard InChI is InChI=1S/C19H18F2N4O2/c1-11-4-5-14(10-12(11)2)22-18(26)17-13(3)25(24-23-17)15-6-8-16(9-7-15)27-19(20)21/h4-10,19H,1-3H3,(H,22,26). The van der Waals surface area contributed by atoms with Crippen LogP contribution < -0.4 is 10.1 Å². The Hall–Kier alpha value is -3.29. The minimum Gasteiger partial charge on any atom is -0.435 e. The second-order valence-electron chi connectivity index (χ2n) is 6.06. The third-order valence-electron chi connectivity index (χ3n) is 4.18. The van der Waals surface area contributed by atoms with E-state index in [0.717, 1.165) is 11.1 Å². The van der Waals surface area contributed by atoms with Crippen molar-refractivity contribution in [1.82, 2.24) is 15.0 Å². The summed E-state index contributed by atoms with van der Waals surface area (Å²) in [6.07, 6.45) is 0. The Kier molecular flexibility index (Phi) is 5.16. The van der Waals surface area contributed by atoms with Crippen molar-refractivity contribution in [2.45, 2.75) is 27.4 Å². The third-order valence-corrected chi connectivity index (χ3v) is 4.18. The molecule has 1 aromatic heterocycles. The monoisotopic (exact) mass is 372 g/mol. The quantitative estimate of drug-likeness (QED) is 0.734. The number of halogens is 2. The van der Waals surface area contributed by atoms with Crippen molar-refractivity contribution in [3.05, 3.63) is 65.0 Å². The van der Waals surface area contributed by atoms with E-state index >= 15 is 0 Å². The number of amides is 1. The Bertz CT molecular complexity index is 968. The van der Waals surface area contributed by atoms with Gasteiger partial charge in [-0.05, 0) is 68.3 Å². The lowest BCUT2D eigenvalue weighted by atomic mass is 10.1. The van der Waals surface area contributed by atoms with Crippen LogP contribution in [-0.4, -0.2) is 27.5 Å². The second kappa shape index (κ2) is 7.53. The Balaban J connectivity index is 1.79. The number of ether oxygens (including phenoxy) is 1. The van der Waals surface area contributed by atoms with Crippen molar-refractivity contribution in [2.24, 2.45) is 0 Å². The predicted molar refractivity (Wildman–Crippen MR) is 96.6 cm³/mol. The first kappa shape index (κ1) is 18.5. The lowest BCUT2D eigenvalue weighted by molar-refractivity contribution is -0.0498. The van der Waals surface area contributed by atoms with Gasteiger partial charge in [-0.1, -0.05) is 11.3 Å². The molecule has 6 nitrogen and oxygen atoms in total. The molecular formula is C19H18F2N4O2. The fourth-order valence-electron chi connectivity index (χ4n) is 2.56. The molecule has 3 rings (SSSR count). The molecule has 0 radical (unpaired) electrons. The minimum absolute atomic E-state index is 0.0409. The van der Waals surface area contributed by atoms with Crippen LogP contribution in [0.1, 0.15) is 27.3 Å². The van der Waals surface area contributed by atoms with Crippen LogP contribution in [0.25, 0.3) is 5.69 Å². The summed E-state index contributed by atoms with van der Waals surface area (Å²) in [7, 11) is 0. The molecule has 0 unspecified atom stereocenters. The van der Waals surface area contributed by atoms with Gasteiger partial charge in [-0.2, -0.15) is 8.78 Å². The Labute approximate surface area is 154 Å². The van der Waals surface area contributed by atoms with E-state index in [-0.39, 0.29) is 17.4 Å². The van der Waals surface area contributed by atoms with Crippen molar-refractivity contribution in [1.29, 1.82) is 0 Å². The number of carbonyl (C=O) groups is 1. The number of nitrogens with one attached hydrogen (secondary N) is 1. The Morgan fingerprint density at radius 2 is 1.78 bits per heavy atom. The first-order chi connectivity index (χ1) is 12.8. The van der Waals surface area contributed by atoms with Crippen molar-refractivity contribution in [2.75, 3.05) is 5.32 Å². The molecule has 0 saturated carbocycles. The van der Waals surface area contributed by atoms with Gasteiger partial charge in [-0.25, -0.2) is 4.68 Å². The molecule has 3 aromatic rings. The summed E-state index contributed by atoms with van der Waals surface area (Å²) in [6, 6.07) is 11.6. The van der Waals surface area contributed by atoms with E-state index in [1.165, 1.54) is 16.8 Å². The number of anilines is 1. The number of benzene rings is 2. The van der Waals surface area contributed by atoms with Crippen molar-refractivity contribution in [3.8, 4) is 11.4 Å². The number of alkyl halides is 2. The van der Waals surface area contributed by atoms with Crippen LogP contribution in [-0.2, 0) is 0 Å². The molecular weight excluding hydrogens is 354 g/mol. The van der Waals surface area contributed by atoms with Crippen molar-refractivity contribution in [3.63, 3.8) is 0 Å². The summed E-state index contributed by atoms with van der Waals surface area (Å²) in [6.45, 7) is 2.78. The molecule has 0 aliphatic heterocycles. The summed E-state index contributed by atoms with van der Waals surface area (Å²) >= 11 is 0. The van der Waals surface area contributed by atoms with Crippen LogP contribution in [0.5, 0.6) is 5.75 Å². The van der Waals surface area contributed by atoms with Gasteiger partial charge in [-0.3, -0.25) is 4.79 Å². The maximum atomic E-state index is 12.5. The lowest BCUT2D eigenvalue weighted by Crippen LogP contribution is -2.14. The molecule has 0 spiro atoms. The van der Waals surface area contributed by atoms with E-state index in [1.54, 1.807) is 19.1 Å². The molecule has 1 N–H and O–H groups in total. The SMILES string of the molecule is Cc1ccc(NC(=O)c2nnn(-c3ccc(OC(F)F)cc3)c2C)cc1C. The lowest BCUT2D eigenvalue weighted by Gasteiger charge is -2.08. The van der Waals surface area contributed by atoms with Crippen molar-refractivity contribution >= 4 is 11.6 Å². The molecule has 0 fully saturated rings. The molecule has 27 heavy (non-hydrogen) atoms. The minimum atomic E-state index is -2.88. The molecule has 0 aliphatic carbocycles. The summed E-state index contributed by atoms with van der Waals surface area (Å²) in [5.41, 5.74) is 4.16. The van der Waals surface area contributed by atoms with E-state index in [2.05, 4.69) is 20.4 Å². The number of hydrogen-bond donors (Lipinski definition) is 1. The largest absolute Gasteiger partial charge is 0.435 e. The maximum Gasteiger partial charge on any atom is 0.387 e. The second-order valence-corrected chi connectivity index (χ2v) is 6.06. The molecule has 0 aliphatic rings. The Morgan fingerprint density at radius 1 is 1.07 bits per heavy atom. The predicted octanol–water partition coefficient (Wildman–Crippen LogP) is 4.05. The number of hydrogen-bond acceptors (Lipinski definition) is 4. The molecule has 140 valence electrons. The molecule has 2 aromatic carbocycles. The van der Waals surface area contributed by atoms with Crippen LogP contribution in [0.15, 0.2) is 42.5 Å². The third kappa shape index (κ3) is 4.11. The number of carbonyl (C=O) groups excluding carboxylic acids is 1. The normalized spacial score (nSPS) is 10.9. The average molecular weight is 372 g/mol. The van der Waals surface area contributed by atoms with E-state index in [9.17, 15) is 13.6 Å². The number of rotatable bonds is 5. The van der Waals surface area contributed by atoms with Crippen LogP contribution in [0.4, 0.5) is 14.5 Å². The molecule has 0 bridgehead atoms. The van der Waals surface area contributed by atoms with Crippen LogP contribution in [0.2, 0.25) is 0 Å². The number of nitrogens with zero attached hydrogens (tertiary/aromatic N) is 3. The highest BCUT2D eigenvalue weighted by Crippen LogP contribution is 2.20. The van der Waals surface area contributed by atoms with Gasteiger partial charge in [0.1, 0.15) is 5.75 Å². The molecule has 0 atom stereocenters. The molecule has 8 heteroatoms. The topological polar surface area (TPSA) is 69.0 Å². The van der Waals surface area contributed by atoms with Crippen molar-refractivity contribution < 1.29 is 18.3 Å². The first-order valence-electron chi connectivity index (χ1n) is 8.21. The van der Waals surface area contributed by atoms with Gasteiger partial charge in [0.05, 0.1) is 11.4 Å². The van der Waals surface area contributed by atoms with Gasteiger partial charge >= 0.3 is 6.61 Å². The van der Waals surface area contributed by atoms with Gasteiger partial charge in [0, 0.05) is 5.69 Å². The van der Waals surface area contributed by atoms with Crippen LogP contribution in [0.3, 0.4) is 0 Å². The van der Waals surface area contributed by atoms with Gasteiger partial charge in [0.15, 0.2) is 5.69 Å². The van der Waals surface area contributed by atoms with Gasteiger partial charge in [0.25, 0.3) is 5.91 Å². The molecule has 0 saturated heterocycles. The highest BCUT2D eigenvalue weighted by atomic mass is 19.3. The Morgan fingerprint density at radius 3 is 2.41 bits per heavy atom. The zero-order chi connectivity index (χ0) is 19.6. The van der Waals surface area contributed by atoms with Crippen LogP contribution in [0, 0.1) is 20.8 Å². The van der Waals surface area contributed by atoms with E-state index in [4.69, 9.17) is 0 Å². The molecule has 1 heterocycles. The summed E-state index contributed by atoms with van der Waals surface area (Å²) in [4.78, 5) is 12.5. The number of aryl methyl sites for hydroxylation is 2. The van der Waals surface area contributed by atoms with Gasteiger partial charge in [-0.15, -0.1) is 5.10 Å². The maximum absolute atomic E-state index is 12.5. The highest BCUT2D eigenvalue weighted by Gasteiger charge is 2.18. The first-order valence-corrected chi connectivity index (χ1v) is 8.21. The van der Waals surface area contributed by atoms with Gasteiger partial charge < -0.3 is 10.1 Å². The zero-order valence-corrected chi connectivity index (χ0v) is 15.0. The fraction of sp³-hybridized carbons (Fsp3) is 0.211. The highest BCUT2D eigenvalue weighted by molar-refractivity contribution is 6.03. The van der Waals surface area contributed by atoms with E-state index in [0.29, 0.717) is 17.1 Å².